The van der Waals surface area contributed by atoms with E-state index in [0.717, 1.165) is 19.4 Å². The van der Waals surface area contributed by atoms with Crippen LogP contribution in [0.25, 0.3) is 0 Å². The van der Waals surface area contributed by atoms with E-state index >= 15 is 0 Å². The van der Waals surface area contributed by atoms with E-state index in [4.69, 9.17) is 5.26 Å². The van der Waals surface area contributed by atoms with Gasteiger partial charge in [-0.2, -0.15) is 5.26 Å². The summed E-state index contributed by atoms with van der Waals surface area (Å²) in [7, 11) is 0. The van der Waals surface area contributed by atoms with Gasteiger partial charge in [-0.1, -0.05) is 0 Å². The van der Waals surface area contributed by atoms with E-state index in [1.165, 1.54) is 0 Å². The lowest BCUT2D eigenvalue weighted by atomic mass is 9.90. The van der Waals surface area contributed by atoms with Gasteiger partial charge >= 0.3 is 0 Å². The summed E-state index contributed by atoms with van der Waals surface area (Å²) in [5.74, 6) is 0.0250. The molecule has 0 atom stereocenters. The fraction of sp³-hybridized carbons (Fsp3) is 0.818. The molecule has 0 rings (SSSR count). The highest BCUT2D eigenvalue weighted by molar-refractivity contribution is 5.77. The maximum Gasteiger partial charge on any atom is 0.233 e. The fourth-order valence-corrected chi connectivity index (χ4v) is 1.17. The number of nitrogens with zero attached hydrogens (tertiary/aromatic N) is 1. The molecule has 2 N–H and O–H groups in total. The molecular weight excluding hydrogens is 190 g/mol. The highest BCUT2D eigenvalue weighted by atomic mass is 16.1. The van der Waals surface area contributed by atoms with E-state index in [0.29, 0.717) is 13.1 Å². The molecule has 0 aromatic carbocycles. The van der Waals surface area contributed by atoms with Crippen LogP contribution in [-0.2, 0) is 4.79 Å². The number of nitrogens with one attached hydrogen (secondary N) is 2. The second kappa shape index (κ2) is 7.24. The summed E-state index contributed by atoms with van der Waals surface area (Å²) in [5.41, 5.74) is -0.257. The number of rotatable bonds is 7. The maximum atomic E-state index is 11.0. The lowest BCUT2D eigenvalue weighted by molar-refractivity contribution is -0.120. The predicted molar refractivity (Wildman–Crippen MR) is 60.2 cm³/mol. The van der Waals surface area contributed by atoms with Gasteiger partial charge in [-0.05, 0) is 40.2 Å². The number of nitriles is 1. The average Bonchev–Trinajstić information content (AvgIpc) is 2.17. The first-order chi connectivity index (χ1) is 7.02. The summed E-state index contributed by atoms with van der Waals surface area (Å²) < 4.78 is 0. The van der Waals surface area contributed by atoms with Gasteiger partial charge in [-0.3, -0.25) is 4.79 Å². The summed E-state index contributed by atoms with van der Waals surface area (Å²) in [6, 6.07) is 2.25. The Hall–Kier alpha value is -1.08. The molecule has 0 heterocycles. The number of carbonyl (C=O) groups is 1. The van der Waals surface area contributed by atoms with Gasteiger partial charge in [0.05, 0.1) is 18.0 Å². The second-order valence-corrected chi connectivity index (χ2v) is 4.23. The quantitative estimate of drug-likeness (QED) is 0.618. The van der Waals surface area contributed by atoms with Crippen LogP contribution in [0.3, 0.4) is 0 Å². The Morgan fingerprint density at radius 3 is 2.67 bits per heavy atom. The molecule has 4 nitrogen and oxygen atoms in total. The number of likely N-dealkylation sites (N-methyl/N-ethyl adjacent to an activating group) is 1. The van der Waals surface area contributed by atoms with Gasteiger partial charge in [0.1, 0.15) is 0 Å². The van der Waals surface area contributed by atoms with Crippen LogP contribution in [0.5, 0.6) is 0 Å². The molecule has 0 aromatic heterocycles. The minimum Gasteiger partial charge on any atom is -0.355 e. The van der Waals surface area contributed by atoms with Crippen LogP contribution in [0.2, 0.25) is 0 Å². The molecule has 0 aliphatic carbocycles. The van der Waals surface area contributed by atoms with Gasteiger partial charge in [0.15, 0.2) is 0 Å². The molecule has 0 aliphatic rings. The SMILES string of the molecule is CCNC(=O)CNCCCC(C)(C)C#N. The standard InChI is InChI=1S/C11H21N3O/c1-4-14-10(15)8-13-7-5-6-11(2,3)9-12/h13H,4-8H2,1-3H3,(H,14,15). The molecule has 0 radical (unpaired) electrons. The van der Waals surface area contributed by atoms with Crippen LogP contribution >= 0.6 is 0 Å². The van der Waals surface area contributed by atoms with Crippen molar-refractivity contribution in [3.8, 4) is 6.07 Å². The van der Waals surface area contributed by atoms with Crippen molar-refractivity contribution in [3.05, 3.63) is 0 Å². The zero-order valence-electron chi connectivity index (χ0n) is 9.89. The first-order valence-corrected chi connectivity index (χ1v) is 5.40. The summed E-state index contributed by atoms with van der Waals surface area (Å²) in [5, 5.41) is 14.5. The van der Waals surface area contributed by atoms with Crippen molar-refractivity contribution in [2.45, 2.75) is 33.6 Å². The molecule has 1 amide bonds. The number of hydrogen-bond acceptors (Lipinski definition) is 3. The van der Waals surface area contributed by atoms with E-state index in [-0.39, 0.29) is 11.3 Å². The Kier molecular flexibility index (Phi) is 6.72. The molecule has 0 saturated heterocycles. The molecule has 0 spiro atoms. The third-order valence-electron chi connectivity index (χ3n) is 2.12. The van der Waals surface area contributed by atoms with Crippen molar-refractivity contribution in [3.63, 3.8) is 0 Å². The van der Waals surface area contributed by atoms with Crippen LogP contribution in [-0.4, -0.2) is 25.5 Å². The molecule has 0 unspecified atom stereocenters. The molecule has 4 heteroatoms. The lowest BCUT2D eigenvalue weighted by Crippen LogP contribution is -2.34. The van der Waals surface area contributed by atoms with Crippen molar-refractivity contribution in [2.75, 3.05) is 19.6 Å². The van der Waals surface area contributed by atoms with Gasteiger partial charge < -0.3 is 10.6 Å². The van der Waals surface area contributed by atoms with Crippen LogP contribution in [0, 0.1) is 16.7 Å². The van der Waals surface area contributed by atoms with Crippen LogP contribution < -0.4 is 10.6 Å². The third-order valence-corrected chi connectivity index (χ3v) is 2.12. The van der Waals surface area contributed by atoms with Crippen LogP contribution in [0.15, 0.2) is 0 Å². The third kappa shape index (κ3) is 7.95. The first-order valence-electron chi connectivity index (χ1n) is 5.40. The molecule has 86 valence electrons. The Bertz CT molecular complexity index is 230. The normalized spacial score (nSPS) is 10.8. The number of hydrogen-bond donors (Lipinski definition) is 2. The summed E-state index contributed by atoms with van der Waals surface area (Å²) in [4.78, 5) is 11.0. The van der Waals surface area contributed by atoms with Crippen molar-refractivity contribution in [2.24, 2.45) is 5.41 Å². The highest BCUT2D eigenvalue weighted by Gasteiger charge is 2.15. The highest BCUT2D eigenvalue weighted by Crippen LogP contribution is 2.19. The average molecular weight is 211 g/mol. The van der Waals surface area contributed by atoms with Gasteiger partial charge in [-0.15, -0.1) is 0 Å². The predicted octanol–water partition coefficient (Wildman–Crippen LogP) is 1.04. The summed E-state index contributed by atoms with van der Waals surface area (Å²) in [6.45, 7) is 7.56. The molecule has 0 saturated carbocycles. The molecule has 0 aromatic rings. The van der Waals surface area contributed by atoms with E-state index in [2.05, 4.69) is 16.7 Å². The monoisotopic (exact) mass is 211 g/mol. The summed E-state index contributed by atoms with van der Waals surface area (Å²) in [6.07, 6.45) is 1.77. The van der Waals surface area contributed by atoms with Gasteiger partial charge in [0.2, 0.25) is 5.91 Å². The van der Waals surface area contributed by atoms with E-state index in [1.54, 1.807) is 0 Å². The zero-order chi connectivity index (χ0) is 11.7. The Labute approximate surface area is 92.0 Å². The minimum atomic E-state index is -0.257. The number of amides is 1. The molecule has 15 heavy (non-hydrogen) atoms. The van der Waals surface area contributed by atoms with Crippen molar-refractivity contribution in [1.82, 2.24) is 10.6 Å². The molecular formula is C11H21N3O. The van der Waals surface area contributed by atoms with Gasteiger partial charge in [0, 0.05) is 6.54 Å². The summed E-state index contributed by atoms with van der Waals surface area (Å²) >= 11 is 0. The maximum absolute atomic E-state index is 11.0. The van der Waals surface area contributed by atoms with E-state index in [9.17, 15) is 4.79 Å². The van der Waals surface area contributed by atoms with E-state index in [1.807, 2.05) is 20.8 Å². The lowest BCUT2D eigenvalue weighted by Gasteiger charge is -2.14. The largest absolute Gasteiger partial charge is 0.355 e. The minimum absolute atomic E-state index is 0.0250. The second-order valence-electron chi connectivity index (χ2n) is 4.23. The van der Waals surface area contributed by atoms with Crippen molar-refractivity contribution >= 4 is 5.91 Å². The first kappa shape index (κ1) is 13.9. The van der Waals surface area contributed by atoms with Gasteiger partial charge in [-0.25, -0.2) is 0 Å². The van der Waals surface area contributed by atoms with E-state index < -0.39 is 0 Å². The molecule has 0 aliphatic heterocycles. The van der Waals surface area contributed by atoms with Gasteiger partial charge in [0.25, 0.3) is 0 Å². The van der Waals surface area contributed by atoms with Crippen molar-refractivity contribution < 1.29 is 4.79 Å². The topological polar surface area (TPSA) is 64.9 Å². The molecule has 0 bridgehead atoms. The van der Waals surface area contributed by atoms with Crippen molar-refractivity contribution in [1.29, 1.82) is 5.26 Å². The van der Waals surface area contributed by atoms with Crippen LogP contribution in [0.1, 0.15) is 33.6 Å². The Morgan fingerprint density at radius 1 is 1.47 bits per heavy atom. The molecule has 0 fully saturated rings. The fourth-order valence-electron chi connectivity index (χ4n) is 1.17. The zero-order valence-corrected chi connectivity index (χ0v) is 9.89. The van der Waals surface area contributed by atoms with Crippen LogP contribution in [0.4, 0.5) is 0 Å². The Balaban J connectivity index is 3.41. The smallest absolute Gasteiger partial charge is 0.233 e. The number of carbonyl (C=O) groups excluding carboxylic acids is 1. The Morgan fingerprint density at radius 2 is 2.13 bits per heavy atom.